The van der Waals surface area contributed by atoms with E-state index in [1.54, 1.807) is 0 Å². The van der Waals surface area contributed by atoms with Crippen LogP contribution in [0.25, 0.3) is 0 Å². The summed E-state index contributed by atoms with van der Waals surface area (Å²) in [4.78, 5) is 10.9. The number of aromatic hydroxyl groups is 2. The van der Waals surface area contributed by atoms with Gasteiger partial charge in [0.15, 0.2) is 11.5 Å². The molecule has 1 aliphatic carbocycles. The Kier molecular flexibility index (Phi) is 1.67. The van der Waals surface area contributed by atoms with E-state index in [4.69, 9.17) is 10.2 Å². The average Bonchev–Trinajstić information content (AvgIpc) is 2.90. The van der Waals surface area contributed by atoms with E-state index in [2.05, 4.69) is 0 Å². The zero-order valence-corrected chi connectivity index (χ0v) is 7.40. The summed E-state index contributed by atoms with van der Waals surface area (Å²) in [5.74, 6) is -1.37. The van der Waals surface area contributed by atoms with Gasteiger partial charge >= 0.3 is 5.97 Å². The highest BCUT2D eigenvalue weighted by Gasteiger charge is 2.51. The van der Waals surface area contributed by atoms with E-state index in [0.29, 0.717) is 18.4 Å². The normalized spacial score (nSPS) is 17.7. The van der Waals surface area contributed by atoms with Gasteiger partial charge in [0, 0.05) is 0 Å². The molecule has 14 heavy (non-hydrogen) atoms. The van der Waals surface area contributed by atoms with Gasteiger partial charge in [-0.25, -0.2) is 0 Å². The molecule has 0 radical (unpaired) electrons. The van der Waals surface area contributed by atoms with Crippen LogP contribution in [0, 0.1) is 0 Å². The summed E-state index contributed by atoms with van der Waals surface area (Å²) >= 11 is 0. The maximum Gasteiger partial charge on any atom is 0.314 e. The van der Waals surface area contributed by atoms with Crippen LogP contribution in [0.5, 0.6) is 11.5 Å². The van der Waals surface area contributed by atoms with Gasteiger partial charge in [0.1, 0.15) is 0 Å². The monoisotopic (exact) mass is 194 g/mol. The zero-order chi connectivity index (χ0) is 10.3. The number of aliphatic carboxylic acids is 1. The molecule has 4 heteroatoms. The van der Waals surface area contributed by atoms with Crippen molar-refractivity contribution in [2.45, 2.75) is 18.3 Å². The molecule has 4 nitrogen and oxygen atoms in total. The van der Waals surface area contributed by atoms with Crippen LogP contribution in [0.3, 0.4) is 0 Å². The molecule has 1 saturated carbocycles. The summed E-state index contributed by atoms with van der Waals surface area (Å²) in [5, 5.41) is 27.3. The van der Waals surface area contributed by atoms with Gasteiger partial charge in [-0.05, 0) is 30.5 Å². The second-order valence-electron chi connectivity index (χ2n) is 3.59. The molecule has 2 rings (SSSR count). The third kappa shape index (κ3) is 1.11. The number of phenols is 2. The number of hydrogen-bond acceptors (Lipinski definition) is 3. The van der Waals surface area contributed by atoms with Crippen LogP contribution in [0.4, 0.5) is 0 Å². The van der Waals surface area contributed by atoms with E-state index >= 15 is 0 Å². The van der Waals surface area contributed by atoms with Gasteiger partial charge in [-0.3, -0.25) is 4.79 Å². The van der Waals surface area contributed by atoms with E-state index < -0.39 is 11.4 Å². The lowest BCUT2D eigenvalue weighted by atomic mass is 9.96. The third-order valence-electron chi connectivity index (χ3n) is 2.69. The molecule has 3 N–H and O–H groups in total. The Morgan fingerprint density at radius 1 is 1.21 bits per heavy atom. The van der Waals surface area contributed by atoms with Crippen molar-refractivity contribution in [2.24, 2.45) is 0 Å². The Hall–Kier alpha value is -1.71. The Morgan fingerprint density at radius 2 is 1.86 bits per heavy atom. The van der Waals surface area contributed by atoms with Crippen molar-refractivity contribution in [3.63, 3.8) is 0 Å². The first-order valence-corrected chi connectivity index (χ1v) is 4.32. The molecule has 0 atom stereocenters. The van der Waals surface area contributed by atoms with Crippen LogP contribution in [0.15, 0.2) is 18.2 Å². The Morgan fingerprint density at radius 3 is 2.29 bits per heavy atom. The lowest BCUT2D eigenvalue weighted by Gasteiger charge is -2.10. The van der Waals surface area contributed by atoms with Crippen LogP contribution in [0.2, 0.25) is 0 Å². The fourth-order valence-electron chi connectivity index (χ4n) is 1.57. The third-order valence-corrected chi connectivity index (χ3v) is 2.69. The quantitative estimate of drug-likeness (QED) is 0.618. The summed E-state index contributed by atoms with van der Waals surface area (Å²) in [6, 6.07) is 4.17. The minimum Gasteiger partial charge on any atom is -0.504 e. The molecule has 0 heterocycles. The number of carboxylic acid groups (broad SMARTS) is 1. The minimum atomic E-state index is -0.873. The summed E-state index contributed by atoms with van der Waals surface area (Å²) < 4.78 is 0. The van der Waals surface area contributed by atoms with Gasteiger partial charge in [0.2, 0.25) is 0 Å². The SMILES string of the molecule is O=C(O)C1(c2ccc(O)c(O)c2)CC1. The van der Waals surface area contributed by atoms with Crippen molar-refractivity contribution in [3.05, 3.63) is 23.8 Å². The first-order chi connectivity index (χ1) is 6.56. The standard InChI is InChI=1S/C10H10O4/c11-7-2-1-6(5-8(7)12)10(3-4-10)9(13)14/h1-2,5,11-12H,3-4H2,(H,13,14). The van der Waals surface area contributed by atoms with E-state index in [-0.39, 0.29) is 11.5 Å². The second kappa shape index (κ2) is 2.64. The highest BCUT2D eigenvalue weighted by Crippen LogP contribution is 2.49. The van der Waals surface area contributed by atoms with Crippen molar-refractivity contribution in [2.75, 3.05) is 0 Å². The lowest BCUT2D eigenvalue weighted by Crippen LogP contribution is -2.19. The molecule has 0 saturated heterocycles. The number of hydrogen-bond donors (Lipinski definition) is 3. The smallest absolute Gasteiger partial charge is 0.314 e. The molecule has 74 valence electrons. The first kappa shape index (κ1) is 8.87. The molecule has 0 aliphatic heterocycles. The molecule has 1 aromatic carbocycles. The van der Waals surface area contributed by atoms with Gasteiger partial charge < -0.3 is 15.3 Å². The maximum absolute atomic E-state index is 10.9. The van der Waals surface area contributed by atoms with Crippen molar-refractivity contribution in [1.29, 1.82) is 0 Å². The summed E-state index contributed by atoms with van der Waals surface area (Å²) in [6.45, 7) is 0. The molecule has 0 aromatic heterocycles. The number of carboxylic acids is 1. The number of rotatable bonds is 2. The molecular weight excluding hydrogens is 184 g/mol. The van der Waals surface area contributed by atoms with Gasteiger partial charge in [0.05, 0.1) is 5.41 Å². The Bertz CT molecular complexity index is 393. The highest BCUT2D eigenvalue weighted by molar-refractivity contribution is 5.85. The number of carbonyl (C=O) groups is 1. The van der Waals surface area contributed by atoms with Gasteiger partial charge in [-0.2, -0.15) is 0 Å². The van der Waals surface area contributed by atoms with Crippen LogP contribution >= 0.6 is 0 Å². The van der Waals surface area contributed by atoms with Crippen molar-refractivity contribution in [1.82, 2.24) is 0 Å². The van der Waals surface area contributed by atoms with Crippen LogP contribution in [0.1, 0.15) is 18.4 Å². The number of phenolic OH excluding ortho intramolecular Hbond substituents is 2. The molecule has 1 aromatic rings. The Balaban J connectivity index is 2.43. The van der Waals surface area contributed by atoms with Gasteiger partial charge in [0.25, 0.3) is 0 Å². The van der Waals surface area contributed by atoms with Crippen LogP contribution in [-0.4, -0.2) is 21.3 Å². The lowest BCUT2D eigenvalue weighted by molar-refractivity contribution is -0.140. The van der Waals surface area contributed by atoms with Gasteiger partial charge in [-0.15, -0.1) is 0 Å². The molecular formula is C10H10O4. The molecule has 0 spiro atoms. The van der Waals surface area contributed by atoms with Crippen LogP contribution < -0.4 is 0 Å². The topological polar surface area (TPSA) is 77.8 Å². The fraction of sp³-hybridized carbons (Fsp3) is 0.300. The molecule has 0 bridgehead atoms. The van der Waals surface area contributed by atoms with Crippen molar-refractivity contribution >= 4 is 5.97 Å². The molecule has 1 fully saturated rings. The van der Waals surface area contributed by atoms with Crippen molar-refractivity contribution in [3.8, 4) is 11.5 Å². The largest absolute Gasteiger partial charge is 0.504 e. The zero-order valence-electron chi connectivity index (χ0n) is 7.40. The summed E-state index contributed by atoms with van der Waals surface area (Å²) in [6.07, 6.45) is 1.18. The minimum absolute atomic E-state index is 0.227. The van der Waals surface area contributed by atoms with E-state index in [9.17, 15) is 9.90 Å². The summed E-state index contributed by atoms with van der Waals surface area (Å²) in [7, 11) is 0. The van der Waals surface area contributed by atoms with Gasteiger partial charge in [-0.1, -0.05) is 6.07 Å². The predicted octanol–water partition coefficient (Wildman–Crippen LogP) is 1.21. The second-order valence-corrected chi connectivity index (χ2v) is 3.59. The van der Waals surface area contributed by atoms with Crippen molar-refractivity contribution < 1.29 is 20.1 Å². The average molecular weight is 194 g/mol. The Labute approximate surface area is 80.4 Å². The molecule has 0 amide bonds. The molecule has 0 unspecified atom stereocenters. The van der Waals surface area contributed by atoms with E-state index in [0.717, 1.165) is 0 Å². The van der Waals surface area contributed by atoms with Crippen LogP contribution in [-0.2, 0) is 10.2 Å². The summed E-state index contributed by atoms with van der Waals surface area (Å²) in [5.41, 5.74) is -0.272. The fourth-order valence-corrected chi connectivity index (χ4v) is 1.57. The first-order valence-electron chi connectivity index (χ1n) is 4.32. The predicted molar refractivity (Wildman–Crippen MR) is 48.3 cm³/mol. The molecule has 1 aliphatic rings. The van der Waals surface area contributed by atoms with E-state index in [1.165, 1.54) is 18.2 Å². The van der Waals surface area contributed by atoms with E-state index in [1.807, 2.05) is 0 Å². The highest BCUT2D eigenvalue weighted by atomic mass is 16.4. The number of benzene rings is 1. The maximum atomic E-state index is 10.9.